The Labute approximate surface area is 166 Å². The fourth-order valence-corrected chi connectivity index (χ4v) is 3.59. The summed E-state index contributed by atoms with van der Waals surface area (Å²) < 4.78 is 5.25. The van der Waals surface area contributed by atoms with E-state index in [2.05, 4.69) is 0 Å². The summed E-state index contributed by atoms with van der Waals surface area (Å²) in [6, 6.07) is 15.0. The van der Waals surface area contributed by atoms with Gasteiger partial charge in [-0.05, 0) is 38.7 Å². The van der Waals surface area contributed by atoms with Crippen LogP contribution < -0.4 is 9.64 Å². The number of nitrogens with zero attached hydrogens (tertiary/aromatic N) is 3. The van der Waals surface area contributed by atoms with Crippen molar-refractivity contribution in [2.24, 2.45) is 0 Å². The number of hydrogen-bond acceptors (Lipinski definition) is 4. The molecule has 3 rings (SSSR count). The molecule has 0 unspecified atom stereocenters. The number of likely N-dealkylation sites (N-methyl/N-ethyl adjacent to an activating group) is 1. The average molecular weight is 381 g/mol. The molecule has 1 saturated heterocycles. The molecule has 1 heterocycles. The summed E-state index contributed by atoms with van der Waals surface area (Å²) in [5, 5.41) is 0. The molecular weight excluding hydrogens is 354 g/mol. The normalized spacial score (nSPS) is 15.7. The number of carbonyl (C=O) groups is 2. The van der Waals surface area contributed by atoms with E-state index in [1.807, 2.05) is 74.4 Å². The van der Waals surface area contributed by atoms with Gasteiger partial charge in [0.25, 0.3) is 0 Å². The predicted octanol–water partition coefficient (Wildman–Crippen LogP) is 2.48. The minimum atomic E-state index is -0.406. The van der Waals surface area contributed by atoms with Gasteiger partial charge in [-0.25, -0.2) is 0 Å². The van der Waals surface area contributed by atoms with Gasteiger partial charge < -0.3 is 14.5 Å². The maximum atomic E-state index is 13.2. The Bertz CT molecular complexity index is 866. The monoisotopic (exact) mass is 381 g/mol. The molecule has 0 aliphatic carbocycles. The summed E-state index contributed by atoms with van der Waals surface area (Å²) in [7, 11) is 5.38. The van der Waals surface area contributed by atoms with Crippen molar-refractivity contribution in [3.05, 3.63) is 59.7 Å². The second-order valence-electron chi connectivity index (χ2n) is 7.29. The van der Waals surface area contributed by atoms with Crippen molar-refractivity contribution in [3.63, 3.8) is 0 Å². The number of piperazine rings is 1. The summed E-state index contributed by atoms with van der Waals surface area (Å²) in [4.78, 5) is 31.3. The van der Waals surface area contributed by atoms with E-state index in [4.69, 9.17) is 4.74 Å². The number of amides is 2. The van der Waals surface area contributed by atoms with Crippen molar-refractivity contribution < 1.29 is 14.3 Å². The SMILES string of the molecule is COc1cccc(N2CCN(C(=O)[C@@H](c3cccc(C)c3)N(C)C)CC2=O)c1. The minimum absolute atomic E-state index is 0.0470. The van der Waals surface area contributed by atoms with Gasteiger partial charge in [0.15, 0.2) is 0 Å². The average Bonchev–Trinajstić information content (AvgIpc) is 2.67. The Balaban J connectivity index is 1.76. The number of anilines is 1. The molecular formula is C22H27N3O3. The molecule has 1 atom stereocenters. The molecule has 0 saturated carbocycles. The van der Waals surface area contributed by atoms with E-state index in [9.17, 15) is 9.59 Å². The highest BCUT2D eigenvalue weighted by molar-refractivity contribution is 5.98. The fourth-order valence-electron chi connectivity index (χ4n) is 3.59. The molecule has 6 heteroatoms. The van der Waals surface area contributed by atoms with E-state index in [0.29, 0.717) is 18.8 Å². The Morgan fingerprint density at radius 1 is 1.11 bits per heavy atom. The highest BCUT2D eigenvalue weighted by Crippen LogP contribution is 2.26. The Kier molecular flexibility index (Phi) is 5.99. The Morgan fingerprint density at radius 2 is 1.86 bits per heavy atom. The van der Waals surface area contributed by atoms with Crippen molar-refractivity contribution in [2.45, 2.75) is 13.0 Å². The lowest BCUT2D eigenvalue weighted by Gasteiger charge is -2.37. The van der Waals surface area contributed by atoms with Gasteiger partial charge in [0, 0.05) is 24.8 Å². The van der Waals surface area contributed by atoms with Gasteiger partial charge in [0.2, 0.25) is 11.8 Å². The lowest BCUT2D eigenvalue weighted by Crippen LogP contribution is -2.54. The second-order valence-corrected chi connectivity index (χ2v) is 7.29. The fraction of sp³-hybridized carbons (Fsp3) is 0.364. The molecule has 6 nitrogen and oxygen atoms in total. The van der Waals surface area contributed by atoms with E-state index in [1.54, 1.807) is 16.9 Å². The number of benzene rings is 2. The minimum Gasteiger partial charge on any atom is -0.497 e. The van der Waals surface area contributed by atoms with Crippen molar-refractivity contribution in [3.8, 4) is 5.75 Å². The summed E-state index contributed by atoms with van der Waals surface area (Å²) in [6.45, 7) is 3.05. The molecule has 0 N–H and O–H groups in total. The molecule has 1 fully saturated rings. The molecule has 0 bridgehead atoms. The van der Waals surface area contributed by atoms with Gasteiger partial charge in [-0.1, -0.05) is 35.9 Å². The molecule has 2 amide bonds. The first-order valence-corrected chi connectivity index (χ1v) is 9.37. The third-order valence-corrected chi connectivity index (χ3v) is 5.01. The van der Waals surface area contributed by atoms with E-state index >= 15 is 0 Å². The van der Waals surface area contributed by atoms with Crippen LogP contribution in [0.3, 0.4) is 0 Å². The van der Waals surface area contributed by atoms with Crippen LogP contribution in [0.15, 0.2) is 48.5 Å². The smallest absolute Gasteiger partial charge is 0.246 e. The van der Waals surface area contributed by atoms with Crippen LogP contribution in [0.4, 0.5) is 5.69 Å². The number of methoxy groups -OCH3 is 1. The molecule has 0 spiro atoms. The summed E-state index contributed by atoms with van der Waals surface area (Å²) in [5.74, 6) is 0.569. The third kappa shape index (κ3) is 4.17. The zero-order valence-electron chi connectivity index (χ0n) is 16.9. The van der Waals surface area contributed by atoms with Crippen molar-refractivity contribution in [1.82, 2.24) is 9.80 Å². The van der Waals surface area contributed by atoms with Crippen LogP contribution in [0.1, 0.15) is 17.2 Å². The molecule has 28 heavy (non-hydrogen) atoms. The molecule has 148 valence electrons. The summed E-state index contributed by atoms with van der Waals surface area (Å²) in [5.41, 5.74) is 2.84. The van der Waals surface area contributed by atoms with Crippen LogP contribution in [-0.2, 0) is 9.59 Å². The van der Waals surface area contributed by atoms with E-state index in [-0.39, 0.29) is 18.4 Å². The molecule has 0 aromatic heterocycles. The van der Waals surface area contributed by atoms with Gasteiger partial charge in [-0.15, -0.1) is 0 Å². The second kappa shape index (κ2) is 8.44. The number of ether oxygens (including phenoxy) is 1. The molecule has 1 aliphatic rings. The van der Waals surface area contributed by atoms with E-state index < -0.39 is 6.04 Å². The first-order chi connectivity index (χ1) is 13.4. The maximum absolute atomic E-state index is 13.2. The lowest BCUT2D eigenvalue weighted by molar-refractivity contribution is -0.141. The van der Waals surface area contributed by atoms with Gasteiger partial charge in [0.1, 0.15) is 18.3 Å². The zero-order valence-corrected chi connectivity index (χ0v) is 16.9. The van der Waals surface area contributed by atoms with Crippen molar-refractivity contribution in [2.75, 3.05) is 45.7 Å². The first kappa shape index (κ1) is 19.9. The van der Waals surface area contributed by atoms with Crippen LogP contribution in [0.25, 0.3) is 0 Å². The third-order valence-electron chi connectivity index (χ3n) is 5.01. The zero-order chi connectivity index (χ0) is 20.3. The summed E-state index contributed by atoms with van der Waals surface area (Å²) in [6.07, 6.45) is 0. The van der Waals surface area contributed by atoms with Crippen molar-refractivity contribution >= 4 is 17.5 Å². The molecule has 2 aromatic rings. The number of hydrogen-bond donors (Lipinski definition) is 0. The highest BCUT2D eigenvalue weighted by atomic mass is 16.5. The molecule has 2 aromatic carbocycles. The van der Waals surface area contributed by atoms with E-state index in [1.165, 1.54) is 0 Å². The Morgan fingerprint density at radius 3 is 2.50 bits per heavy atom. The standard InChI is InChI=1S/C22H27N3O3/c1-16-7-5-8-17(13-16)21(23(2)3)22(27)24-11-12-25(20(26)15-24)18-9-6-10-19(14-18)28-4/h5-10,13-14,21H,11-12,15H2,1-4H3/t21-/m1/s1. The van der Waals surface area contributed by atoms with E-state index in [0.717, 1.165) is 16.8 Å². The first-order valence-electron chi connectivity index (χ1n) is 9.37. The molecule has 0 radical (unpaired) electrons. The van der Waals surface area contributed by atoms with Gasteiger partial charge >= 0.3 is 0 Å². The number of aryl methyl sites for hydroxylation is 1. The lowest BCUT2D eigenvalue weighted by atomic mass is 10.0. The quantitative estimate of drug-likeness (QED) is 0.799. The maximum Gasteiger partial charge on any atom is 0.246 e. The predicted molar refractivity (Wildman–Crippen MR) is 110 cm³/mol. The largest absolute Gasteiger partial charge is 0.497 e. The highest BCUT2D eigenvalue weighted by Gasteiger charge is 2.33. The van der Waals surface area contributed by atoms with Crippen molar-refractivity contribution in [1.29, 1.82) is 0 Å². The van der Waals surface area contributed by atoms with Crippen LogP contribution in [0.5, 0.6) is 5.75 Å². The van der Waals surface area contributed by atoms with Gasteiger partial charge in [-0.2, -0.15) is 0 Å². The van der Waals surface area contributed by atoms with Gasteiger partial charge in [-0.3, -0.25) is 14.5 Å². The van der Waals surface area contributed by atoms with Gasteiger partial charge in [0.05, 0.1) is 7.11 Å². The van der Waals surface area contributed by atoms with Crippen LogP contribution in [-0.4, -0.2) is 62.5 Å². The van der Waals surface area contributed by atoms with Crippen LogP contribution >= 0.6 is 0 Å². The Hall–Kier alpha value is -2.86. The molecule has 1 aliphatic heterocycles. The topological polar surface area (TPSA) is 53.1 Å². The summed E-state index contributed by atoms with van der Waals surface area (Å²) >= 11 is 0. The van der Waals surface area contributed by atoms with Crippen LogP contribution in [0.2, 0.25) is 0 Å². The number of carbonyl (C=O) groups excluding carboxylic acids is 2. The van der Waals surface area contributed by atoms with Crippen LogP contribution in [0, 0.1) is 6.92 Å². The number of rotatable bonds is 5.